The van der Waals surface area contributed by atoms with Crippen LogP contribution in [0, 0.1) is 17.3 Å². The van der Waals surface area contributed by atoms with Crippen molar-refractivity contribution in [2.75, 3.05) is 13.2 Å². The van der Waals surface area contributed by atoms with Crippen LogP contribution < -0.4 is 4.74 Å². The van der Waals surface area contributed by atoms with E-state index in [1.165, 1.54) is 0 Å². The molecule has 9 heteroatoms. The summed E-state index contributed by atoms with van der Waals surface area (Å²) in [5.41, 5.74) is -0.456. The van der Waals surface area contributed by atoms with Crippen LogP contribution >= 0.6 is 30.5 Å². The van der Waals surface area contributed by atoms with E-state index in [1.54, 1.807) is 6.07 Å². The van der Waals surface area contributed by atoms with Gasteiger partial charge in [-0.05, 0) is 89.3 Å². The number of halogens is 1. The molecule has 0 saturated heterocycles. The third-order valence-electron chi connectivity index (χ3n) is 6.60. The number of benzene rings is 1. The average Bonchev–Trinajstić information content (AvgIpc) is 3.14. The predicted molar refractivity (Wildman–Crippen MR) is 151 cm³/mol. The third-order valence-corrected chi connectivity index (χ3v) is 7.57. The Morgan fingerprint density at radius 2 is 2.00 bits per heavy atom. The third kappa shape index (κ3) is 10.9. The Morgan fingerprint density at radius 1 is 1.22 bits per heavy atom. The van der Waals surface area contributed by atoms with Crippen LogP contribution in [0.5, 0.6) is 5.75 Å². The summed E-state index contributed by atoms with van der Waals surface area (Å²) in [7, 11) is 4.70. The van der Waals surface area contributed by atoms with E-state index >= 15 is 0 Å². The minimum absolute atomic E-state index is 0.0000837. The summed E-state index contributed by atoms with van der Waals surface area (Å²) < 4.78 is 22.4. The number of aliphatic hydroxyl groups excluding tert-OH is 1. The largest absolute Gasteiger partial charge is 0.491 e. The first-order chi connectivity index (χ1) is 17.2. The first kappa shape index (κ1) is 31.5. The second-order valence-electron chi connectivity index (χ2n) is 10.5. The van der Waals surface area contributed by atoms with Gasteiger partial charge in [0, 0.05) is 30.4 Å². The molecule has 36 heavy (non-hydrogen) atoms. The van der Waals surface area contributed by atoms with Crippen molar-refractivity contribution in [1.82, 2.24) is 0 Å². The van der Waals surface area contributed by atoms with Crippen molar-refractivity contribution in [2.45, 2.75) is 84.0 Å². The highest BCUT2D eigenvalue weighted by molar-refractivity contribution is 7.10. The molecule has 1 aromatic carbocycles. The van der Waals surface area contributed by atoms with Crippen LogP contribution in [0.3, 0.4) is 0 Å². The molecule has 0 bridgehead atoms. The molecule has 204 valence electrons. The van der Waals surface area contributed by atoms with E-state index in [4.69, 9.17) is 30.1 Å². The van der Waals surface area contributed by atoms with Crippen LogP contribution in [0.25, 0.3) is 0 Å². The second-order valence-corrected chi connectivity index (χ2v) is 11.5. The lowest BCUT2D eigenvalue weighted by atomic mass is 9.86. The Labute approximate surface area is 226 Å². The van der Waals surface area contributed by atoms with Gasteiger partial charge in [0.15, 0.2) is 0 Å². The van der Waals surface area contributed by atoms with Crippen LogP contribution in [-0.4, -0.2) is 42.6 Å². The van der Waals surface area contributed by atoms with Crippen molar-refractivity contribution in [2.24, 2.45) is 17.3 Å². The Hall–Kier alpha value is -0.740. The molecule has 2 rings (SSSR count). The summed E-state index contributed by atoms with van der Waals surface area (Å²) in [6.07, 6.45) is 9.67. The van der Waals surface area contributed by atoms with Crippen LogP contribution in [0.15, 0.2) is 36.4 Å². The normalized spacial score (nSPS) is 23.2. The Bertz CT molecular complexity index is 816. The number of hydrogen-bond donors (Lipinski definition) is 1. The standard InChI is InChI=1S/C27H43ClO6P2/c1-27(2,3)26(30)31-15-8-6-4-5-7-12-22-23(25(34-36)17-24(22)29)14-13-21(33-35)18-32-20-11-9-10-19(28)16-20/h5,7,9-11,16,21-25,29H,4,6,8,12-15,17-18,35-36H2,1-3H3/b7-5+. The Kier molecular flexibility index (Phi) is 14.2. The van der Waals surface area contributed by atoms with E-state index in [9.17, 15) is 9.90 Å². The number of carbonyl (C=O) groups excluding carboxylic acids is 1. The fraction of sp³-hybridized carbons (Fsp3) is 0.667. The minimum Gasteiger partial charge on any atom is -0.491 e. The highest BCUT2D eigenvalue weighted by Gasteiger charge is 2.42. The Morgan fingerprint density at radius 3 is 2.67 bits per heavy atom. The van der Waals surface area contributed by atoms with E-state index in [-0.39, 0.29) is 36.1 Å². The summed E-state index contributed by atoms with van der Waals surface area (Å²) in [5.74, 6) is 0.925. The van der Waals surface area contributed by atoms with Gasteiger partial charge >= 0.3 is 5.97 Å². The number of allylic oxidation sites excluding steroid dienone is 2. The molecule has 0 aliphatic heterocycles. The maximum atomic E-state index is 11.8. The van der Waals surface area contributed by atoms with Gasteiger partial charge in [-0.15, -0.1) is 0 Å². The zero-order valence-corrected chi connectivity index (χ0v) is 24.8. The topological polar surface area (TPSA) is 74.2 Å². The van der Waals surface area contributed by atoms with Gasteiger partial charge in [0.05, 0.1) is 30.3 Å². The summed E-state index contributed by atoms with van der Waals surface area (Å²) in [5, 5.41) is 11.3. The summed E-state index contributed by atoms with van der Waals surface area (Å²) in [4.78, 5) is 11.8. The predicted octanol–water partition coefficient (Wildman–Crippen LogP) is 6.55. The van der Waals surface area contributed by atoms with Crippen molar-refractivity contribution in [3.63, 3.8) is 0 Å². The van der Waals surface area contributed by atoms with Gasteiger partial charge < -0.3 is 23.6 Å². The van der Waals surface area contributed by atoms with Gasteiger partial charge in [-0.25, -0.2) is 0 Å². The SMILES string of the molecule is CC(C)(C)C(=O)OCCCC/C=C/CC1C(O)CC(OP)C1CCC(COc1cccc(Cl)c1)OP. The molecule has 6 nitrogen and oxygen atoms in total. The Balaban J connectivity index is 1.76. The maximum Gasteiger partial charge on any atom is 0.311 e. The monoisotopic (exact) mass is 560 g/mol. The maximum absolute atomic E-state index is 11.8. The second kappa shape index (κ2) is 16.3. The molecule has 0 radical (unpaired) electrons. The first-order valence-electron chi connectivity index (χ1n) is 12.8. The van der Waals surface area contributed by atoms with Crippen LogP contribution in [0.2, 0.25) is 5.02 Å². The van der Waals surface area contributed by atoms with Crippen molar-refractivity contribution in [3.05, 3.63) is 41.4 Å². The number of ether oxygens (including phenoxy) is 2. The van der Waals surface area contributed by atoms with Crippen molar-refractivity contribution in [1.29, 1.82) is 0 Å². The summed E-state index contributed by atoms with van der Waals surface area (Å²) in [6, 6.07) is 7.33. The van der Waals surface area contributed by atoms with Gasteiger partial charge in [-0.1, -0.05) is 29.8 Å². The fourth-order valence-corrected chi connectivity index (χ4v) is 5.18. The molecule has 1 saturated carbocycles. The lowest BCUT2D eigenvalue weighted by molar-refractivity contribution is -0.153. The molecular weight excluding hydrogens is 518 g/mol. The molecule has 1 aliphatic carbocycles. The molecule has 7 atom stereocenters. The van der Waals surface area contributed by atoms with Crippen LogP contribution in [0.1, 0.15) is 65.7 Å². The minimum atomic E-state index is -0.456. The summed E-state index contributed by atoms with van der Waals surface area (Å²) >= 11 is 6.03. The number of unbranched alkanes of at least 4 members (excludes halogenated alkanes) is 2. The van der Waals surface area contributed by atoms with Crippen molar-refractivity contribution < 1.29 is 28.4 Å². The van der Waals surface area contributed by atoms with E-state index in [0.717, 1.165) is 38.5 Å². The van der Waals surface area contributed by atoms with Gasteiger partial charge in [0.25, 0.3) is 0 Å². The molecule has 1 aliphatic rings. The quantitative estimate of drug-likeness (QED) is 0.113. The van der Waals surface area contributed by atoms with Crippen LogP contribution in [0.4, 0.5) is 0 Å². The zero-order chi connectivity index (χ0) is 26.6. The van der Waals surface area contributed by atoms with E-state index in [1.807, 2.05) is 39.0 Å². The molecule has 0 heterocycles. The molecule has 0 amide bonds. The zero-order valence-electron chi connectivity index (χ0n) is 21.7. The van der Waals surface area contributed by atoms with Crippen LogP contribution in [-0.2, 0) is 18.6 Å². The highest BCUT2D eigenvalue weighted by Crippen LogP contribution is 2.41. The number of hydrogen-bond acceptors (Lipinski definition) is 6. The molecular formula is C27H43ClO6P2. The molecule has 1 fully saturated rings. The fourth-order valence-electron chi connectivity index (χ4n) is 4.47. The number of aliphatic hydroxyl groups is 1. The number of esters is 1. The molecule has 1 N–H and O–H groups in total. The molecule has 7 unspecified atom stereocenters. The van der Waals surface area contributed by atoms with Crippen molar-refractivity contribution in [3.8, 4) is 5.75 Å². The van der Waals surface area contributed by atoms with Gasteiger partial charge in [-0.3, -0.25) is 4.79 Å². The number of carbonyl (C=O) groups is 1. The molecule has 0 spiro atoms. The van der Waals surface area contributed by atoms with E-state index in [2.05, 4.69) is 31.1 Å². The smallest absolute Gasteiger partial charge is 0.311 e. The highest BCUT2D eigenvalue weighted by atomic mass is 35.5. The van der Waals surface area contributed by atoms with E-state index in [0.29, 0.717) is 30.4 Å². The molecule has 1 aromatic rings. The lowest BCUT2D eigenvalue weighted by Gasteiger charge is -2.26. The molecule has 0 aromatic heterocycles. The van der Waals surface area contributed by atoms with Gasteiger partial charge in [0.2, 0.25) is 0 Å². The van der Waals surface area contributed by atoms with Gasteiger partial charge in [-0.2, -0.15) is 0 Å². The lowest BCUT2D eigenvalue weighted by Crippen LogP contribution is -2.26. The van der Waals surface area contributed by atoms with Crippen molar-refractivity contribution >= 4 is 36.5 Å². The average molecular weight is 561 g/mol. The first-order valence-corrected chi connectivity index (χ1v) is 14.1. The summed E-state index contributed by atoms with van der Waals surface area (Å²) in [6.45, 7) is 6.46. The number of rotatable bonds is 15. The van der Waals surface area contributed by atoms with Gasteiger partial charge in [0.1, 0.15) is 12.4 Å². The van der Waals surface area contributed by atoms with E-state index < -0.39 is 5.41 Å².